The molecule has 0 N–H and O–H groups in total. The summed E-state index contributed by atoms with van der Waals surface area (Å²) >= 11 is 0. The maximum absolute atomic E-state index is 13.1. The first-order valence-electron chi connectivity index (χ1n) is 4.55. The highest BCUT2D eigenvalue weighted by molar-refractivity contribution is 5.28. The Kier molecular flexibility index (Phi) is 3.89. The number of ether oxygens (including phenoxy) is 2. The lowest BCUT2D eigenvalue weighted by Crippen LogP contribution is -2.17. The van der Waals surface area contributed by atoms with Gasteiger partial charge in [-0.25, -0.2) is 4.39 Å². The normalized spacial score (nSPS) is 12.6. The average molecular weight is 198 g/mol. The summed E-state index contributed by atoms with van der Waals surface area (Å²) < 4.78 is 23.4. The summed E-state index contributed by atoms with van der Waals surface area (Å²) in [6, 6.07) is 4.84. The average Bonchev–Trinajstić information content (AvgIpc) is 2.12. The van der Waals surface area contributed by atoms with Gasteiger partial charge in [-0.1, -0.05) is 6.07 Å². The van der Waals surface area contributed by atoms with Crippen LogP contribution >= 0.6 is 0 Å². The molecule has 0 radical (unpaired) electrons. The lowest BCUT2D eigenvalue weighted by Gasteiger charge is -2.13. The van der Waals surface area contributed by atoms with Crippen LogP contribution in [0.3, 0.4) is 0 Å². The van der Waals surface area contributed by atoms with Crippen molar-refractivity contribution in [2.75, 3.05) is 13.7 Å². The third-order valence-electron chi connectivity index (χ3n) is 1.88. The first-order valence-corrected chi connectivity index (χ1v) is 4.55. The molecule has 0 aromatic heterocycles. The molecule has 1 unspecified atom stereocenters. The Balaban J connectivity index is 2.63. The minimum absolute atomic E-state index is 0.0675. The minimum Gasteiger partial charge on any atom is -0.488 e. The van der Waals surface area contributed by atoms with Crippen LogP contribution in [-0.2, 0) is 4.74 Å². The molecule has 1 aromatic rings. The smallest absolute Gasteiger partial charge is 0.129 e. The molecule has 0 saturated carbocycles. The molecular formula is C11H15FO2. The van der Waals surface area contributed by atoms with Crippen LogP contribution in [0.1, 0.15) is 12.5 Å². The topological polar surface area (TPSA) is 18.5 Å². The molecule has 1 rings (SSSR count). The van der Waals surface area contributed by atoms with E-state index in [0.29, 0.717) is 17.9 Å². The van der Waals surface area contributed by atoms with Crippen molar-refractivity contribution in [2.24, 2.45) is 0 Å². The molecule has 0 saturated heterocycles. The molecule has 0 bridgehead atoms. The van der Waals surface area contributed by atoms with E-state index in [2.05, 4.69) is 0 Å². The van der Waals surface area contributed by atoms with Crippen molar-refractivity contribution in [1.29, 1.82) is 0 Å². The molecule has 78 valence electrons. The Bertz CT molecular complexity index is 299. The van der Waals surface area contributed by atoms with E-state index in [1.807, 2.05) is 6.92 Å². The number of rotatable bonds is 4. The third kappa shape index (κ3) is 3.00. The largest absolute Gasteiger partial charge is 0.488 e. The summed E-state index contributed by atoms with van der Waals surface area (Å²) in [7, 11) is 1.61. The molecule has 1 atom stereocenters. The number of hydrogen-bond donors (Lipinski definition) is 0. The van der Waals surface area contributed by atoms with Gasteiger partial charge in [0.2, 0.25) is 0 Å². The van der Waals surface area contributed by atoms with Gasteiger partial charge in [-0.2, -0.15) is 0 Å². The van der Waals surface area contributed by atoms with E-state index in [1.165, 1.54) is 6.07 Å². The monoisotopic (exact) mass is 198 g/mol. The Morgan fingerprint density at radius 1 is 1.43 bits per heavy atom. The van der Waals surface area contributed by atoms with E-state index in [1.54, 1.807) is 26.2 Å². The second-order valence-electron chi connectivity index (χ2n) is 3.29. The van der Waals surface area contributed by atoms with Gasteiger partial charge in [0.15, 0.2) is 0 Å². The van der Waals surface area contributed by atoms with Crippen molar-refractivity contribution in [3.63, 3.8) is 0 Å². The molecule has 1 aromatic carbocycles. The van der Waals surface area contributed by atoms with Gasteiger partial charge in [0.05, 0.1) is 6.61 Å². The van der Waals surface area contributed by atoms with Crippen molar-refractivity contribution in [3.8, 4) is 5.75 Å². The number of benzene rings is 1. The zero-order valence-corrected chi connectivity index (χ0v) is 8.71. The maximum Gasteiger partial charge on any atom is 0.129 e. The predicted octanol–water partition coefficient (Wildman–Crippen LogP) is 2.55. The first-order chi connectivity index (χ1) is 6.63. The molecule has 0 amide bonds. The van der Waals surface area contributed by atoms with E-state index in [9.17, 15) is 4.39 Å². The third-order valence-corrected chi connectivity index (χ3v) is 1.88. The predicted molar refractivity (Wildman–Crippen MR) is 53.1 cm³/mol. The van der Waals surface area contributed by atoms with Crippen molar-refractivity contribution in [2.45, 2.75) is 20.0 Å². The summed E-state index contributed by atoms with van der Waals surface area (Å²) in [5, 5.41) is 0. The molecule has 0 aliphatic rings. The molecule has 0 heterocycles. The Hall–Kier alpha value is -1.09. The van der Waals surface area contributed by atoms with Crippen molar-refractivity contribution in [3.05, 3.63) is 29.6 Å². The van der Waals surface area contributed by atoms with Crippen LogP contribution in [0.2, 0.25) is 0 Å². The quantitative estimate of drug-likeness (QED) is 0.740. The van der Waals surface area contributed by atoms with Gasteiger partial charge >= 0.3 is 0 Å². The molecule has 14 heavy (non-hydrogen) atoms. The van der Waals surface area contributed by atoms with Gasteiger partial charge in [0.1, 0.15) is 17.7 Å². The fraction of sp³-hybridized carbons (Fsp3) is 0.455. The van der Waals surface area contributed by atoms with Crippen molar-refractivity contribution < 1.29 is 13.9 Å². The summed E-state index contributed by atoms with van der Waals surface area (Å²) in [5.41, 5.74) is 0.622. The Labute approximate surface area is 83.6 Å². The van der Waals surface area contributed by atoms with Crippen LogP contribution in [0.15, 0.2) is 18.2 Å². The zero-order chi connectivity index (χ0) is 10.6. The molecule has 0 spiro atoms. The summed E-state index contributed by atoms with van der Waals surface area (Å²) in [5.74, 6) is 0.296. The van der Waals surface area contributed by atoms with Gasteiger partial charge in [0, 0.05) is 13.2 Å². The van der Waals surface area contributed by atoms with Gasteiger partial charge in [-0.15, -0.1) is 0 Å². The standard InChI is InChI=1S/C11H15FO2/c1-8-4-5-10(6-11(8)12)14-9(2)7-13-3/h4-6,9H,7H2,1-3H3. The molecule has 0 fully saturated rings. The van der Waals surface area contributed by atoms with E-state index in [-0.39, 0.29) is 11.9 Å². The van der Waals surface area contributed by atoms with Gasteiger partial charge in [-0.3, -0.25) is 0 Å². The molecular weight excluding hydrogens is 183 g/mol. The van der Waals surface area contributed by atoms with Crippen LogP contribution in [0, 0.1) is 12.7 Å². The highest BCUT2D eigenvalue weighted by Gasteiger charge is 2.05. The lowest BCUT2D eigenvalue weighted by atomic mass is 10.2. The first kappa shape index (κ1) is 11.0. The highest BCUT2D eigenvalue weighted by Crippen LogP contribution is 2.17. The van der Waals surface area contributed by atoms with Crippen LogP contribution < -0.4 is 4.74 Å². The zero-order valence-electron chi connectivity index (χ0n) is 8.71. The Morgan fingerprint density at radius 2 is 2.14 bits per heavy atom. The second-order valence-corrected chi connectivity index (χ2v) is 3.29. The minimum atomic E-state index is -0.243. The second kappa shape index (κ2) is 4.96. The molecule has 0 aliphatic carbocycles. The number of hydrogen-bond acceptors (Lipinski definition) is 2. The molecule has 0 aliphatic heterocycles. The van der Waals surface area contributed by atoms with Crippen molar-refractivity contribution in [1.82, 2.24) is 0 Å². The van der Waals surface area contributed by atoms with Crippen LogP contribution in [0.25, 0.3) is 0 Å². The van der Waals surface area contributed by atoms with Gasteiger partial charge in [0.25, 0.3) is 0 Å². The number of aryl methyl sites for hydroxylation is 1. The fourth-order valence-electron chi connectivity index (χ4n) is 1.15. The van der Waals surface area contributed by atoms with Crippen LogP contribution in [0.4, 0.5) is 4.39 Å². The van der Waals surface area contributed by atoms with E-state index in [0.717, 1.165) is 0 Å². The van der Waals surface area contributed by atoms with E-state index < -0.39 is 0 Å². The van der Waals surface area contributed by atoms with Crippen LogP contribution in [0.5, 0.6) is 5.75 Å². The summed E-state index contributed by atoms with van der Waals surface area (Å²) in [6.07, 6.45) is -0.0675. The summed E-state index contributed by atoms with van der Waals surface area (Å²) in [6.45, 7) is 4.09. The van der Waals surface area contributed by atoms with E-state index in [4.69, 9.17) is 9.47 Å². The highest BCUT2D eigenvalue weighted by atomic mass is 19.1. The van der Waals surface area contributed by atoms with Gasteiger partial charge in [-0.05, 0) is 25.5 Å². The summed E-state index contributed by atoms with van der Waals surface area (Å²) in [4.78, 5) is 0. The fourth-order valence-corrected chi connectivity index (χ4v) is 1.15. The van der Waals surface area contributed by atoms with E-state index >= 15 is 0 Å². The lowest BCUT2D eigenvalue weighted by molar-refractivity contribution is 0.0918. The Morgan fingerprint density at radius 3 is 2.71 bits per heavy atom. The molecule has 2 nitrogen and oxygen atoms in total. The number of halogens is 1. The number of methoxy groups -OCH3 is 1. The van der Waals surface area contributed by atoms with Crippen LogP contribution in [-0.4, -0.2) is 19.8 Å². The SMILES string of the molecule is COCC(C)Oc1ccc(C)c(F)c1. The van der Waals surface area contributed by atoms with Gasteiger partial charge < -0.3 is 9.47 Å². The maximum atomic E-state index is 13.1. The molecule has 3 heteroatoms. The van der Waals surface area contributed by atoms with Crippen molar-refractivity contribution >= 4 is 0 Å².